The van der Waals surface area contributed by atoms with Gasteiger partial charge in [-0.3, -0.25) is 0 Å². The van der Waals surface area contributed by atoms with Gasteiger partial charge in [0, 0.05) is 19.8 Å². The van der Waals surface area contributed by atoms with Gasteiger partial charge in [-0.2, -0.15) is 0 Å². The first-order valence-electron chi connectivity index (χ1n) is 3.82. The number of rotatable bonds is 1. The normalized spacial score (nSPS) is 21.7. The summed E-state index contributed by atoms with van der Waals surface area (Å²) in [6, 6.07) is -0.905. The van der Waals surface area contributed by atoms with Gasteiger partial charge in [0.25, 0.3) is 0 Å². The van der Waals surface area contributed by atoms with E-state index < -0.39 is 12.0 Å². The van der Waals surface area contributed by atoms with E-state index in [0.29, 0.717) is 11.6 Å². The third-order valence-corrected chi connectivity index (χ3v) is 2.81. The van der Waals surface area contributed by atoms with Crippen molar-refractivity contribution in [1.29, 1.82) is 0 Å². The molecule has 0 saturated carbocycles. The van der Waals surface area contributed by atoms with Crippen molar-refractivity contribution in [2.75, 3.05) is 25.7 Å². The lowest BCUT2D eigenvalue weighted by atomic mass is 10.3. The maximum Gasteiger partial charge on any atom is 0.327 e. The molecule has 0 bridgehead atoms. The number of amides is 2. The minimum absolute atomic E-state index is 0.239. The molecule has 13 heavy (non-hydrogen) atoms. The van der Waals surface area contributed by atoms with E-state index in [1.807, 2.05) is 0 Å². The molecule has 0 aromatic heterocycles. The molecule has 74 valence electrons. The fourth-order valence-corrected chi connectivity index (χ4v) is 2.23. The van der Waals surface area contributed by atoms with Gasteiger partial charge in [-0.25, -0.2) is 9.59 Å². The lowest BCUT2D eigenvalue weighted by molar-refractivity contribution is -0.140. The first kappa shape index (κ1) is 10.2. The summed E-state index contributed by atoms with van der Waals surface area (Å²) >= 11 is 1.46. The van der Waals surface area contributed by atoms with E-state index >= 15 is 0 Å². The number of carboxylic acid groups (broad SMARTS) is 1. The molecular formula is C7H12N2O3S. The fourth-order valence-electron chi connectivity index (χ4n) is 1.09. The summed E-state index contributed by atoms with van der Waals surface area (Å²) in [7, 11) is 3.23. The fraction of sp³-hybridized carbons (Fsp3) is 0.714. The molecule has 1 atom stereocenters. The molecule has 0 radical (unpaired) electrons. The minimum atomic E-state index is -0.930. The highest BCUT2D eigenvalue weighted by molar-refractivity contribution is 7.99. The summed E-state index contributed by atoms with van der Waals surface area (Å²) in [6.45, 7) is 0. The largest absolute Gasteiger partial charge is 0.480 e. The van der Waals surface area contributed by atoms with Crippen molar-refractivity contribution >= 4 is 23.8 Å². The lowest BCUT2D eigenvalue weighted by Gasteiger charge is -2.24. The zero-order chi connectivity index (χ0) is 10.0. The molecule has 1 N–H and O–H groups in total. The van der Waals surface area contributed by atoms with Gasteiger partial charge in [-0.1, -0.05) is 0 Å². The third-order valence-electron chi connectivity index (χ3n) is 1.80. The van der Waals surface area contributed by atoms with Crippen molar-refractivity contribution < 1.29 is 14.7 Å². The van der Waals surface area contributed by atoms with Gasteiger partial charge in [-0.15, -0.1) is 11.8 Å². The molecule has 1 rings (SSSR count). The summed E-state index contributed by atoms with van der Waals surface area (Å²) in [5.41, 5.74) is 0. The predicted octanol–water partition coefficient (Wildman–Crippen LogP) is 0.128. The zero-order valence-corrected chi connectivity index (χ0v) is 8.37. The van der Waals surface area contributed by atoms with E-state index in [-0.39, 0.29) is 6.03 Å². The van der Waals surface area contributed by atoms with E-state index in [0.717, 1.165) is 0 Å². The molecule has 1 heterocycles. The van der Waals surface area contributed by atoms with Crippen LogP contribution in [-0.4, -0.2) is 58.7 Å². The summed E-state index contributed by atoms with van der Waals surface area (Å²) in [5, 5.41) is 8.79. The summed E-state index contributed by atoms with van der Waals surface area (Å²) in [6.07, 6.45) is 0. The number of thioether (sulfide) groups is 1. The molecule has 0 aromatic rings. The molecule has 2 amide bonds. The monoisotopic (exact) mass is 204 g/mol. The third kappa shape index (κ3) is 2.06. The van der Waals surface area contributed by atoms with Gasteiger partial charge >= 0.3 is 12.0 Å². The molecule has 1 saturated heterocycles. The van der Waals surface area contributed by atoms with E-state index in [1.54, 1.807) is 14.1 Å². The predicted molar refractivity (Wildman–Crippen MR) is 49.7 cm³/mol. The Kier molecular flexibility index (Phi) is 3.02. The van der Waals surface area contributed by atoms with Crippen molar-refractivity contribution in [2.24, 2.45) is 0 Å². The number of hydrogen-bond donors (Lipinski definition) is 1. The van der Waals surface area contributed by atoms with E-state index in [1.165, 1.54) is 21.6 Å². The molecule has 1 fully saturated rings. The van der Waals surface area contributed by atoms with E-state index in [4.69, 9.17) is 5.11 Å². The van der Waals surface area contributed by atoms with Gasteiger partial charge in [0.05, 0.1) is 5.88 Å². The maximum atomic E-state index is 11.4. The van der Waals surface area contributed by atoms with Gasteiger partial charge in [0.15, 0.2) is 0 Å². The van der Waals surface area contributed by atoms with E-state index in [9.17, 15) is 9.59 Å². The number of nitrogens with zero attached hydrogens (tertiary/aromatic N) is 2. The number of carboxylic acids is 1. The summed E-state index contributed by atoms with van der Waals surface area (Å²) in [4.78, 5) is 24.9. The van der Waals surface area contributed by atoms with Gasteiger partial charge in [-0.05, 0) is 0 Å². The first-order chi connectivity index (χ1) is 6.04. The van der Waals surface area contributed by atoms with Crippen molar-refractivity contribution in [3.8, 4) is 0 Å². The Bertz CT molecular complexity index is 232. The van der Waals surface area contributed by atoms with Crippen molar-refractivity contribution in [1.82, 2.24) is 9.80 Å². The van der Waals surface area contributed by atoms with Crippen molar-refractivity contribution in [3.63, 3.8) is 0 Å². The minimum Gasteiger partial charge on any atom is -0.480 e. The molecule has 1 unspecified atom stereocenters. The van der Waals surface area contributed by atoms with Crippen molar-refractivity contribution in [3.05, 3.63) is 0 Å². The number of aliphatic carboxylic acids is 1. The Hall–Kier alpha value is -0.910. The van der Waals surface area contributed by atoms with Crippen LogP contribution in [0.15, 0.2) is 0 Å². The highest BCUT2D eigenvalue weighted by Crippen LogP contribution is 2.21. The second-order valence-corrected chi connectivity index (χ2v) is 4.00. The van der Waals surface area contributed by atoms with Crippen LogP contribution in [0.3, 0.4) is 0 Å². The van der Waals surface area contributed by atoms with Crippen molar-refractivity contribution in [2.45, 2.75) is 6.04 Å². The Morgan fingerprint density at radius 2 is 2.15 bits per heavy atom. The van der Waals surface area contributed by atoms with Crippen LogP contribution in [0, 0.1) is 0 Å². The van der Waals surface area contributed by atoms with Gasteiger partial charge in [0.1, 0.15) is 6.04 Å². The molecule has 1 aliphatic rings. The van der Waals surface area contributed by atoms with Gasteiger partial charge in [0.2, 0.25) is 0 Å². The van der Waals surface area contributed by atoms with Gasteiger partial charge < -0.3 is 14.9 Å². The Balaban J connectivity index is 2.68. The average Bonchev–Trinajstić information content (AvgIpc) is 2.50. The van der Waals surface area contributed by atoms with Crippen LogP contribution in [-0.2, 0) is 4.79 Å². The Morgan fingerprint density at radius 1 is 1.54 bits per heavy atom. The highest BCUT2D eigenvalue weighted by atomic mass is 32.2. The average molecular weight is 204 g/mol. The Morgan fingerprint density at radius 3 is 2.62 bits per heavy atom. The standard InChI is InChI=1S/C7H12N2O3S/c1-8(2)7(12)9-4-13-3-5(9)6(10)11/h5H,3-4H2,1-2H3,(H,10,11). The van der Waals surface area contributed by atoms with Crippen LogP contribution >= 0.6 is 11.8 Å². The summed E-state index contributed by atoms with van der Waals surface area (Å²) in [5.74, 6) is 0.0169. The molecule has 1 aliphatic heterocycles. The van der Waals surface area contributed by atoms with Crippen LogP contribution in [0.25, 0.3) is 0 Å². The molecule has 0 spiro atoms. The number of carbonyl (C=O) groups is 2. The zero-order valence-electron chi connectivity index (χ0n) is 7.56. The second kappa shape index (κ2) is 3.87. The molecule has 6 heteroatoms. The van der Waals surface area contributed by atoms with Crippen LogP contribution < -0.4 is 0 Å². The van der Waals surface area contributed by atoms with Crippen LogP contribution in [0.4, 0.5) is 4.79 Å². The van der Waals surface area contributed by atoms with Crippen LogP contribution in [0.1, 0.15) is 0 Å². The SMILES string of the molecule is CN(C)C(=O)N1CSCC1C(=O)O. The summed E-state index contributed by atoms with van der Waals surface area (Å²) < 4.78 is 0. The molecule has 0 aliphatic carbocycles. The number of carbonyl (C=O) groups excluding carboxylic acids is 1. The first-order valence-corrected chi connectivity index (χ1v) is 4.98. The topological polar surface area (TPSA) is 60.9 Å². The number of urea groups is 1. The lowest BCUT2D eigenvalue weighted by Crippen LogP contribution is -2.46. The molecule has 0 aromatic carbocycles. The Labute approximate surface area is 80.7 Å². The second-order valence-electron chi connectivity index (χ2n) is 3.00. The molecular weight excluding hydrogens is 192 g/mol. The highest BCUT2D eigenvalue weighted by Gasteiger charge is 2.35. The molecule has 5 nitrogen and oxygen atoms in total. The maximum absolute atomic E-state index is 11.4. The van der Waals surface area contributed by atoms with Crippen LogP contribution in [0.5, 0.6) is 0 Å². The quantitative estimate of drug-likeness (QED) is 0.659. The van der Waals surface area contributed by atoms with Crippen LogP contribution in [0.2, 0.25) is 0 Å². The van der Waals surface area contributed by atoms with E-state index in [2.05, 4.69) is 0 Å². The number of hydrogen-bond acceptors (Lipinski definition) is 3. The smallest absolute Gasteiger partial charge is 0.327 e.